The van der Waals surface area contributed by atoms with Crippen molar-refractivity contribution in [2.24, 2.45) is 0 Å². The maximum absolute atomic E-state index is 12.1. The summed E-state index contributed by atoms with van der Waals surface area (Å²) in [5.74, 6) is 0.660. The van der Waals surface area contributed by atoms with Crippen molar-refractivity contribution < 1.29 is 13.3 Å². The van der Waals surface area contributed by atoms with Crippen molar-refractivity contribution in [1.82, 2.24) is 4.72 Å². The molecule has 0 radical (unpaired) electrons. The molecule has 1 rings (SSSR count). The van der Waals surface area contributed by atoms with Crippen molar-refractivity contribution in [3.8, 4) is 0 Å². The number of nitrogens with one attached hydrogen (secondary N) is 2. The maximum Gasteiger partial charge on any atom is 0.292 e. The van der Waals surface area contributed by atoms with E-state index in [9.17, 15) is 18.5 Å². The van der Waals surface area contributed by atoms with E-state index in [0.29, 0.717) is 18.8 Å². The fraction of sp³-hybridized carbons (Fsp3) is 0.500. The molecule has 0 spiro atoms. The second-order valence-corrected chi connectivity index (χ2v) is 7.01. The molecular formula is C12H19N3O4S2. The SMILES string of the molecule is CCCNc1cc(S(=O)(=O)NCCSC)ccc1[N+](=O)[O-]. The Balaban J connectivity index is 3.06. The van der Waals surface area contributed by atoms with Gasteiger partial charge in [0.1, 0.15) is 5.69 Å². The monoisotopic (exact) mass is 333 g/mol. The van der Waals surface area contributed by atoms with Crippen LogP contribution < -0.4 is 10.0 Å². The molecule has 9 heteroatoms. The number of hydrogen-bond acceptors (Lipinski definition) is 6. The Bertz CT molecular complexity index is 590. The van der Waals surface area contributed by atoms with Crippen LogP contribution in [0.15, 0.2) is 23.1 Å². The summed E-state index contributed by atoms with van der Waals surface area (Å²) in [6.45, 7) is 2.77. The molecule has 0 aliphatic carbocycles. The van der Waals surface area contributed by atoms with Crippen LogP contribution in [0.4, 0.5) is 11.4 Å². The van der Waals surface area contributed by atoms with E-state index >= 15 is 0 Å². The van der Waals surface area contributed by atoms with Gasteiger partial charge in [-0.3, -0.25) is 10.1 Å². The summed E-state index contributed by atoms with van der Waals surface area (Å²) in [4.78, 5) is 10.4. The van der Waals surface area contributed by atoms with E-state index in [4.69, 9.17) is 0 Å². The van der Waals surface area contributed by atoms with E-state index in [-0.39, 0.29) is 16.3 Å². The van der Waals surface area contributed by atoms with E-state index in [1.165, 1.54) is 30.0 Å². The fourth-order valence-electron chi connectivity index (χ4n) is 1.60. The number of sulfonamides is 1. The van der Waals surface area contributed by atoms with E-state index in [1.54, 1.807) is 0 Å². The molecule has 21 heavy (non-hydrogen) atoms. The van der Waals surface area contributed by atoms with Crippen molar-refractivity contribution in [2.45, 2.75) is 18.2 Å². The molecule has 0 unspecified atom stereocenters. The third-order valence-electron chi connectivity index (χ3n) is 2.64. The van der Waals surface area contributed by atoms with E-state index in [0.717, 1.165) is 6.42 Å². The summed E-state index contributed by atoms with van der Waals surface area (Å²) < 4.78 is 26.7. The molecule has 7 nitrogen and oxygen atoms in total. The molecule has 118 valence electrons. The summed E-state index contributed by atoms with van der Waals surface area (Å²) in [5, 5.41) is 13.8. The highest BCUT2D eigenvalue weighted by atomic mass is 32.2. The Morgan fingerprint density at radius 3 is 2.62 bits per heavy atom. The summed E-state index contributed by atoms with van der Waals surface area (Å²) >= 11 is 1.53. The van der Waals surface area contributed by atoms with Gasteiger partial charge in [0.15, 0.2) is 0 Å². The molecule has 0 fully saturated rings. The van der Waals surface area contributed by atoms with Gasteiger partial charge in [-0.1, -0.05) is 6.92 Å². The number of benzene rings is 1. The van der Waals surface area contributed by atoms with Gasteiger partial charge in [0, 0.05) is 24.9 Å². The van der Waals surface area contributed by atoms with Gasteiger partial charge in [-0.15, -0.1) is 0 Å². The van der Waals surface area contributed by atoms with Gasteiger partial charge in [0.05, 0.1) is 9.82 Å². The van der Waals surface area contributed by atoms with E-state index in [2.05, 4.69) is 10.0 Å². The number of nitro benzene ring substituents is 1. The van der Waals surface area contributed by atoms with Crippen LogP contribution in [0.25, 0.3) is 0 Å². The number of thioether (sulfide) groups is 1. The number of anilines is 1. The normalized spacial score (nSPS) is 11.3. The van der Waals surface area contributed by atoms with Crippen LogP contribution in [-0.4, -0.2) is 38.4 Å². The van der Waals surface area contributed by atoms with Crippen LogP contribution in [0, 0.1) is 10.1 Å². The predicted molar refractivity (Wildman–Crippen MR) is 85.4 cm³/mol. The second-order valence-electron chi connectivity index (χ2n) is 4.25. The standard InChI is InChI=1S/C12H19N3O4S2/c1-3-6-13-11-9-10(4-5-12(11)15(16)17)21(18,19)14-7-8-20-2/h4-5,9,13-14H,3,6-8H2,1-2H3. The number of nitrogens with zero attached hydrogens (tertiary/aromatic N) is 1. The third-order valence-corrected chi connectivity index (χ3v) is 4.71. The number of nitro groups is 1. The highest BCUT2D eigenvalue weighted by Gasteiger charge is 2.19. The zero-order chi connectivity index (χ0) is 15.9. The first kappa shape index (κ1) is 17.7. The third kappa shape index (κ3) is 5.18. The summed E-state index contributed by atoms with van der Waals surface area (Å²) in [6, 6.07) is 3.76. The van der Waals surface area contributed by atoms with Crippen LogP contribution in [0.2, 0.25) is 0 Å². The smallest absolute Gasteiger partial charge is 0.292 e. The van der Waals surface area contributed by atoms with Crippen LogP contribution in [-0.2, 0) is 10.0 Å². The average molecular weight is 333 g/mol. The molecule has 0 bridgehead atoms. The van der Waals surface area contributed by atoms with Gasteiger partial charge in [-0.25, -0.2) is 13.1 Å². The van der Waals surface area contributed by atoms with Crippen LogP contribution in [0.3, 0.4) is 0 Å². The lowest BCUT2D eigenvalue weighted by Crippen LogP contribution is -2.26. The Labute approximate surface area is 128 Å². The van der Waals surface area contributed by atoms with Gasteiger partial charge in [0.2, 0.25) is 10.0 Å². The van der Waals surface area contributed by atoms with Crippen molar-refractivity contribution in [2.75, 3.05) is 30.4 Å². The first-order valence-electron chi connectivity index (χ1n) is 6.43. The van der Waals surface area contributed by atoms with Crippen LogP contribution >= 0.6 is 11.8 Å². The van der Waals surface area contributed by atoms with Crippen molar-refractivity contribution >= 4 is 33.2 Å². The van der Waals surface area contributed by atoms with Crippen molar-refractivity contribution in [1.29, 1.82) is 0 Å². The van der Waals surface area contributed by atoms with Crippen LogP contribution in [0.5, 0.6) is 0 Å². The highest BCUT2D eigenvalue weighted by Crippen LogP contribution is 2.27. The Kier molecular flexibility index (Phi) is 6.93. The lowest BCUT2D eigenvalue weighted by molar-refractivity contribution is -0.384. The minimum Gasteiger partial charge on any atom is -0.379 e. The molecule has 1 aromatic carbocycles. The molecule has 0 aliphatic heterocycles. The number of rotatable bonds is 9. The molecule has 0 saturated heterocycles. The average Bonchev–Trinajstić information content (AvgIpc) is 2.44. The Morgan fingerprint density at radius 1 is 1.33 bits per heavy atom. The van der Waals surface area contributed by atoms with Gasteiger partial charge in [-0.05, 0) is 24.8 Å². The first-order chi connectivity index (χ1) is 9.92. The maximum atomic E-state index is 12.1. The van der Waals surface area contributed by atoms with Crippen molar-refractivity contribution in [3.63, 3.8) is 0 Å². The van der Waals surface area contributed by atoms with Gasteiger partial charge in [-0.2, -0.15) is 11.8 Å². The molecule has 0 heterocycles. The van der Waals surface area contributed by atoms with Crippen molar-refractivity contribution in [3.05, 3.63) is 28.3 Å². The molecule has 0 atom stereocenters. The molecule has 0 saturated carbocycles. The quantitative estimate of drug-likeness (QED) is 0.407. The first-order valence-corrected chi connectivity index (χ1v) is 9.31. The lowest BCUT2D eigenvalue weighted by atomic mass is 10.2. The zero-order valence-electron chi connectivity index (χ0n) is 12.0. The molecular weight excluding hydrogens is 314 g/mol. The molecule has 1 aromatic rings. The fourth-order valence-corrected chi connectivity index (χ4v) is 3.10. The molecule has 0 amide bonds. The molecule has 2 N–H and O–H groups in total. The largest absolute Gasteiger partial charge is 0.379 e. The minimum absolute atomic E-state index is 0.0211. The summed E-state index contributed by atoms with van der Waals surface area (Å²) in [5.41, 5.74) is 0.0844. The van der Waals surface area contributed by atoms with Gasteiger partial charge >= 0.3 is 0 Å². The molecule has 0 aliphatic rings. The number of hydrogen-bond donors (Lipinski definition) is 2. The Hall–Kier alpha value is -1.32. The van der Waals surface area contributed by atoms with E-state index < -0.39 is 14.9 Å². The zero-order valence-corrected chi connectivity index (χ0v) is 13.6. The summed E-state index contributed by atoms with van der Waals surface area (Å²) in [7, 11) is -3.65. The van der Waals surface area contributed by atoms with E-state index in [1.807, 2.05) is 13.2 Å². The Morgan fingerprint density at radius 2 is 2.05 bits per heavy atom. The highest BCUT2D eigenvalue weighted by molar-refractivity contribution is 7.98. The van der Waals surface area contributed by atoms with Gasteiger partial charge < -0.3 is 5.32 Å². The summed E-state index contributed by atoms with van der Waals surface area (Å²) in [6.07, 6.45) is 2.66. The topological polar surface area (TPSA) is 101 Å². The lowest BCUT2D eigenvalue weighted by Gasteiger charge is -2.10. The second kappa shape index (κ2) is 8.20. The van der Waals surface area contributed by atoms with Gasteiger partial charge in [0.25, 0.3) is 5.69 Å². The predicted octanol–water partition coefficient (Wildman–Crippen LogP) is 2.06. The molecule has 0 aromatic heterocycles. The minimum atomic E-state index is -3.65. The van der Waals surface area contributed by atoms with Crippen LogP contribution in [0.1, 0.15) is 13.3 Å².